The number of nitrogens with one attached hydrogen (secondary N) is 1. The molecular formula is C15H19Br2NO3S. The molecule has 1 fully saturated rings. The van der Waals surface area contributed by atoms with Gasteiger partial charge in [-0.05, 0) is 50.3 Å². The maximum atomic E-state index is 12.3. The van der Waals surface area contributed by atoms with E-state index in [1.807, 2.05) is 0 Å². The molecule has 0 saturated heterocycles. The number of amides is 1. The Morgan fingerprint density at radius 3 is 2.59 bits per heavy atom. The van der Waals surface area contributed by atoms with Gasteiger partial charge in [-0.25, -0.2) is 4.79 Å². The van der Waals surface area contributed by atoms with Crippen LogP contribution in [0.5, 0.6) is 0 Å². The summed E-state index contributed by atoms with van der Waals surface area (Å²) in [5.41, 5.74) is 0. The summed E-state index contributed by atoms with van der Waals surface area (Å²) in [5, 5.41) is 2.83. The van der Waals surface area contributed by atoms with Crippen LogP contribution in [-0.2, 0) is 9.53 Å². The van der Waals surface area contributed by atoms with Crippen molar-refractivity contribution in [1.29, 1.82) is 0 Å². The SMILES string of the molecule is COC(=O)[C@H](CC1CCCCC1)NC(=O)c1cc(Br)c(Br)s1. The van der Waals surface area contributed by atoms with E-state index in [1.54, 1.807) is 6.07 Å². The molecule has 1 aromatic rings. The van der Waals surface area contributed by atoms with Crippen molar-refractivity contribution in [1.82, 2.24) is 5.32 Å². The lowest BCUT2D eigenvalue weighted by Gasteiger charge is -2.25. The molecule has 2 rings (SSSR count). The number of carbonyl (C=O) groups excluding carboxylic acids is 2. The number of ether oxygens (including phenoxy) is 1. The summed E-state index contributed by atoms with van der Waals surface area (Å²) in [7, 11) is 1.36. The molecule has 22 heavy (non-hydrogen) atoms. The van der Waals surface area contributed by atoms with Gasteiger partial charge in [-0.3, -0.25) is 4.79 Å². The standard InChI is InChI=1S/C15H19Br2NO3S/c1-21-15(20)11(7-9-5-3-2-4-6-9)18-14(19)12-8-10(16)13(17)22-12/h8-9,11H,2-7H2,1H3,(H,18,19)/t11-/m0/s1. The number of thiophene rings is 1. The molecule has 1 aliphatic carbocycles. The van der Waals surface area contributed by atoms with Crippen LogP contribution in [0.2, 0.25) is 0 Å². The monoisotopic (exact) mass is 451 g/mol. The summed E-state index contributed by atoms with van der Waals surface area (Å²) >= 11 is 8.07. The second-order valence-corrected chi connectivity index (χ2v) is 8.75. The summed E-state index contributed by atoms with van der Waals surface area (Å²) in [4.78, 5) is 24.9. The number of methoxy groups -OCH3 is 1. The lowest BCUT2D eigenvalue weighted by molar-refractivity contribution is -0.143. The Hall–Kier alpha value is -0.400. The second kappa shape index (κ2) is 8.45. The van der Waals surface area contributed by atoms with Crippen LogP contribution < -0.4 is 5.32 Å². The normalized spacial score (nSPS) is 17.0. The van der Waals surface area contributed by atoms with Crippen molar-refractivity contribution in [3.63, 3.8) is 0 Å². The van der Waals surface area contributed by atoms with Crippen LogP contribution in [0.1, 0.15) is 48.2 Å². The minimum atomic E-state index is -0.569. The van der Waals surface area contributed by atoms with Crippen LogP contribution in [0, 0.1) is 5.92 Å². The van der Waals surface area contributed by atoms with Crippen LogP contribution in [-0.4, -0.2) is 25.0 Å². The predicted molar refractivity (Wildman–Crippen MR) is 94.2 cm³/mol. The van der Waals surface area contributed by atoms with Gasteiger partial charge in [-0.15, -0.1) is 11.3 Å². The summed E-state index contributed by atoms with van der Waals surface area (Å²) in [6.07, 6.45) is 6.59. The first-order valence-electron chi connectivity index (χ1n) is 7.34. The molecule has 0 radical (unpaired) electrons. The quantitative estimate of drug-likeness (QED) is 0.668. The third-order valence-electron chi connectivity index (χ3n) is 3.95. The highest BCUT2D eigenvalue weighted by Gasteiger charge is 2.27. The Morgan fingerprint density at radius 1 is 1.36 bits per heavy atom. The highest BCUT2D eigenvalue weighted by atomic mass is 79.9. The Morgan fingerprint density at radius 2 is 2.05 bits per heavy atom. The molecule has 0 aromatic carbocycles. The Bertz CT molecular complexity index is 521. The van der Waals surface area contributed by atoms with Gasteiger partial charge < -0.3 is 10.1 Å². The number of halogens is 2. The van der Waals surface area contributed by atoms with Gasteiger partial charge in [0.1, 0.15) is 6.04 Å². The van der Waals surface area contributed by atoms with E-state index in [9.17, 15) is 9.59 Å². The van der Waals surface area contributed by atoms with E-state index in [0.29, 0.717) is 17.2 Å². The van der Waals surface area contributed by atoms with E-state index < -0.39 is 6.04 Å². The van der Waals surface area contributed by atoms with E-state index in [-0.39, 0.29) is 11.9 Å². The van der Waals surface area contributed by atoms with Crippen LogP contribution in [0.4, 0.5) is 0 Å². The zero-order valence-electron chi connectivity index (χ0n) is 12.4. The number of hydrogen-bond donors (Lipinski definition) is 1. The first kappa shape index (κ1) is 17.9. The van der Waals surface area contributed by atoms with Gasteiger partial charge in [-0.2, -0.15) is 0 Å². The van der Waals surface area contributed by atoms with Gasteiger partial charge in [0.2, 0.25) is 0 Å². The maximum absolute atomic E-state index is 12.3. The molecule has 0 spiro atoms. The molecule has 1 amide bonds. The van der Waals surface area contributed by atoms with Gasteiger partial charge in [0.25, 0.3) is 5.91 Å². The first-order valence-corrected chi connectivity index (χ1v) is 9.75. The molecule has 0 aliphatic heterocycles. The average Bonchev–Trinajstić information content (AvgIpc) is 2.86. The third kappa shape index (κ3) is 4.80. The van der Waals surface area contributed by atoms with E-state index in [0.717, 1.165) is 21.1 Å². The number of hydrogen-bond acceptors (Lipinski definition) is 4. The summed E-state index contributed by atoms with van der Waals surface area (Å²) in [6, 6.07) is 1.18. The summed E-state index contributed by atoms with van der Waals surface area (Å²) in [6.45, 7) is 0. The third-order valence-corrected chi connectivity index (χ3v) is 7.21. The van der Waals surface area contributed by atoms with Crippen molar-refractivity contribution in [3.05, 3.63) is 19.2 Å². The van der Waals surface area contributed by atoms with Crippen molar-refractivity contribution in [2.75, 3.05) is 7.11 Å². The number of rotatable bonds is 5. The second-order valence-electron chi connectivity index (χ2n) is 5.52. The smallest absolute Gasteiger partial charge is 0.328 e. The molecule has 1 atom stereocenters. The molecule has 1 aliphatic rings. The minimum absolute atomic E-state index is 0.234. The Kier molecular flexibility index (Phi) is 6.89. The van der Waals surface area contributed by atoms with Crippen LogP contribution in [0.25, 0.3) is 0 Å². The highest BCUT2D eigenvalue weighted by molar-refractivity contribution is 9.13. The molecule has 122 valence electrons. The zero-order valence-corrected chi connectivity index (χ0v) is 16.4. The van der Waals surface area contributed by atoms with Crippen molar-refractivity contribution in [3.8, 4) is 0 Å². The predicted octanol–water partition coefficient (Wildman–Crippen LogP) is 4.51. The van der Waals surface area contributed by atoms with Gasteiger partial charge in [0, 0.05) is 4.47 Å². The lowest BCUT2D eigenvalue weighted by atomic mass is 9.85. The first-order chi connectivity index (χ1) is 10.5. The topological polar surface area (TPSA) is 55.4 Å². The Balaban J connectivity index is 2.02. The molecule has 1 saturated carbocycles. The fourth-order valence-electron chi connectivity index (χ4n) is 2.80. The van der Waals surface area contributed by atoms with Crippen molar-refractivity contribution < 1.29 is 14.3 Å². The molecule has 1 N–H and O–H groups in total. The van der Waals surface area contributed by atoms with E-state index in [4.69, 9.17) is 4.74 Å². The number of esters is 1. The van der Waals surface area contributed by atoms with Gasteiger partial charge >= 0.3 is 5.97 Å². The van der Waals surface area contributed by atoms with Gasteiger partial charge in [0.15, 0.2) is 0 Å². The molecule has 7 heteroatoms. The molecule has 0 unspecified atom stereocenters. The van der Waals surface area contributed by atoms with Gasteiger partial charge in [-0.1, -0.05) is 32.1 Å². The fourth-order valence-corrected chi connectivity index (χ4v) is 4.74. The van der Waals surface area contributed by atoms with Gasteiger partial charge in [0.05, 0.1) is 15.8 Å². The van der Waals surface area contributed by atoms with Crippen LogP contribution in [0.15, 0.2) is 14.3 Å². The molecule has 1 heterocycles. The molecule has 1 aromatic heterocycles. The molecule has 0 bridgehead atoms. The summed E-state index contributed by atoms with van der Waals surface area (Å²) < 4.78 is 6.55. The van der Waals surface area contributed by atoms with Crippen LogP contribution >= 0.6 is 43.2 Å². The van der Waals surface area contributed by atoms with E-state index in [2.05, 4.69) is 37.2 Å². The average molecular weight is 453 g/mol. The maximum Gasteiger partial charge on any atom is 0.328 e. The van der Waals surface area contributed by atoms with Crippen molar-refractivity contribution >= 4 is 55.1 Å². The van der Waals surface area contributed by atoms with E-state index >= 15 is 0 Å². The summed E-state index contributed by atoms with van der Waals surface area (Å²) in [5.74, 6) is -0.115. The Labute approximate surface area is 151 Å². The highest BCUT2D eigenvalue weighted by Crippen LogP contribution is 2.32. The van der Waals surface area contributed by atoms with E-state index in [1.165, 1.54) is 37.7 Å². The molecule has 4 nitrogen and oxygen atoms in total. The fraction of sp³-hybridized carbons (Fsp3) is 0.600. The lowest BCUT2D eigenvalue weighted by Crippen LogP contribution is -2.42. The van der Waals surface area contributed by atoms with Crippen molar-refractivity contribution in [2.45, 2.75) is 44.6 Å². The zero-order chi connectivity index (χ0) is 16.1. The number of carbonyl (C=O) groups is 2. The van der Waals surface area contributed by atoms with Crippen molar-refractivity contribution in [2.24, 2.45) is 5.92 Å². The largest absolute Gasteiger partial charge is 0.467 e. The molecular weight excluding hydrogens is 434 g/mol. The minimum Gasteiger partial charge on any atom is -0.467 e. The van der Waals surface area contributed by atoms with Crippen LogP contribution in [0.3, 0.4) is 0 Å².